The molecule has 1 amide bonds. The number of carbonyl (C=O) groups is 1. The van der Waals surface area contributed by atoms with E-state index in [1.54, 1.807) is 0 Å². The summed E-state index contributed by atoms with van der Waals surface area (Å²) in [6.07, 6.45) is 2.47. The summed E-state index contributed by atoms with van der Waals surface area (Å²) < 4.78 is 4.52. The summed E-state index contributed by atoms with van der Waals surface area (Å²) in [6.45, 7) is 0. The van der Waals surface area contributed by atoms with Crippen molar-refractivity contribution in [2.75, 3.05) is 5.32 Å². The summed E-state index contributed by atoms with van der Waals surface area (Å²) in [5.41, 5.74) is -0.378. The Hall–Kier alpha value is -2.44. The van der Waals surface area contributed by atoms with E-state index in [0.29, 0.717) is 0 Å². The standard InChI is InChI=1S/C8H6N4O3/c13-7-3-5(9-4-10-7)8(14)11-6-1-2-15-12-6/h1-4H,(H,9,10,13)(H,11,12,14). The largest absolute Gasteiger partial charge is 0.363 e. The molecule has 0 aliphatic heterocycles. The number of anilines is 1. The second-order valence-corrected chi connectivity index (χ2v) is 2.64. The lowest BCUT2D eigenvalue weighted by Gasteiger charge is -1.98. The molecule has 0 spiro atoms. The van der Waals surface area contributed by atoms with Gasteiger partial charge in [0.15, 0.2) is 5.82 Å². The number of hydrogen-bond acceptors (Lipinski definition) is 5. The Bertz CT molecular complexity index is 517. The van der Waals surface area contributed by atoms with E-state index in [1.165, 1.54) is 12.3 Å². The molecule has 2 rings (SSSR count). The summed E-state index contributed by atoms with van der Waals surface area (Å²) in [7, 11) is 0. The van der Waals surface area contributed by atoms with Gasteiger partial charge >= 0.3 is 0 Å². The maximum Gasteiger partial charge on any atom is 0.275 e. The molecule has 0 aliphatic rings. The highest BCUT2D eigenvalue weighted by atomic mass is 16.5. The van der Waals surface area contributed by atoms with Gasteiger partial charge < -0.3 is 14.8 Å². The Kier molecular flexibility index (Phi) is 2.28. The van der Waals surface area contributed by atoms with Crippen molar-refractivity contribution in [3.8, 4) is 0 Å². The summed E-state index contributed by atoms with van der Waals surface area (Å²) in [4.78, 5) is 28.3. The fourth-order valence-electron chi connectivity index (χ4n) is 0.950. The normalized spacial score (nSPS) is 9.87. The lowest BCUT2D eigenvalue weighted by molar-refractivity contribution is 0.102. The van der Waals surface area contributed by atoms with E-state index in [4.69, 9.17) is 0 Å². The molecule has 2 heterocycles. The zero-order chi connectivity index (χ0) is 10.7. The number of hydrogen-bond donors (Lipinski definition) is 2. The fourth-order valence-corrected chi connectivity index (χ4v) is 0.950. The van der Waals surface area contributed by atoms with Gasteiger partial charge in [-0.2, -0.15) is 0 Å². The zero-order valence-corrected chi connectivity index (χ0v) is 7.43. The molecule has 76 valence electrons. The van der Waals surface area contributed by atoms with Crippen LogP contribution in [-0.2, 0) is 0 Å². The number of carbonyl (C=O) groups excluding carboxylic acids is 1. The molecule has 15 heavy (non-hydrogen) atoms. The van der Waals surface area contributed by atoms with Crippen LogP contribution in [0.2, 0.25) is 0 Å². The SMILES string of the molecule is O=C(Nc1ccon1)c1cc(=O)[nH]cn1. The van der Waals surface area contributed by atoms with Crippen molar-refractivity contribution < 1.29 is 9.32 Å². The van der Waals surface area contributed by atoms with Gasteiger partial charge in [0.05, 0.1) is 6.33 Å². The molecule has 0 aliphatic carbocycles. The van der Waals surface area contributed by atoms with Crippen LogP contribution in [0.3, 0.4) is 0 Å². The van der Waals surface area contributed by atoms with E-state index in [1.807, 2.05) is 0 Å². The lowest BCUT2D eigenvalue weighted by atomic mass is 10.4. The molecule has 0 fully saturated rings. The number of aromatic amines is 1. The minimum Gasteiger partial charge on any atom is -0.363 e. The van der Waals surface area contributed by atoms with E-state index in [0.717, 1.165) is 12.4 Å². The third-order valence-electron chi connectivity index (χ3n) is 1.59. The van der Waals surface area contributed by atoms with Gasteiger partial charge in [0.1, 0.15) is 12.0 Å². The van der Waals surface area contributed by atoms with Crippen LogP contribution in [0.15, 0.2) is 34.0 Å². The Morgan fingerprint density at radius 2 is 2.40 bits per heavy atom. The first-order valence-corrected chi connectivity index (χ1v) is 4.02. The predicted molar refractivity (Wildman–Crippen MR) is 49.3 cm³/mol. The molecular formula is C8H6N4O3. The van der Waals surface area contributed by atoms with Gasteiger partial charge in [-0.15, -0.1) is 0 Å². The third kappa shape index (κ3) is 2.08. The molecule has 0 unspecified atom stereocenters. The van der Waals surface area contributed by atoms with Gasteiger partial charge in [0.25, 0.3) is 11.5 Å². The highest BCUT2D eigenvalue weighted by Crippen LogP contribution is 2.02. The monoisotopic (exact) mass is 206 g/mol. The number of nitrogens with one attached hydrogen (secondary N) is 2. The van der Waals surface area contributed by atoms with Gasteiger partial charge in [-0.25, -0.2) is 4.98 Å². The summed E-state index contributed by atoms with van der Waals surface area (Å²) in [5, 5.41) is 5.89. The van der Waals surface area contributed by atoms with Crippen LogP contribution < -0.4 is 10.9 Å². The average molecular weight is 206 g/mol. The van der Waals surface area contributed by atoms with Gasteiger partial charge in [-0.05, 0) is 0 Å². The molecule has 0 aromatic carbocycles. The molecule has 7 nitrogen and oxygen atoms in total. The average Bonchev–Trinajstić information content (AvgIpc) is 2.70. The van der Waals surface area contributed by atoms with Crippen molar-refractivity contribution in [1.82, 2.24) is 15.1 Å². The molecule has 2 aromatic heterocycles. The number of aromatic nitrogens is 3. The molecule has 0 bridgehead atoms. The van der Waals surface area contributed by atoms with Crippen LogP contribution in [0.1, 0.15) is 10.5 Å². The second-order valence-electron chi connectivity index (χ2n) is 2.64. The Labute approximate surface area is 83.1 Å². The Balaban J connectivity index is 2.18. The quantitative estimate of drug-likeness (QED) is 0.720. The molecule has 7 heteroatoms. The van der Waals surface area contributed by atoms with Crippen molar-refractivity contribution in [3.63, 3.8) is 0 Å². The topological polar surface area (TPSA) is 101 Å². The van der Waals surface area contributed by atoms with Crippen molar-refractivity contribution in [2.45, 2.75) is 0 Å². The van der Waals surface area contributed by atoms with E-state index in [2.05, 4.69) is 25.0 Å². The first-order valence-electron chi connectivity index (χ1n) is 4.02. The Morgan fingerprint density at radius 1 is 1.53 bits per heavy atom. The molecule has 0 saturated heterocycles. The van der Waals surface area contributed by atoms with Crippen molar-refractivity contribution >= 4 is 11.7 Å². The van der Waals surface area contributed by atoms with Crippen molar-refractivity contribution in [2.24, 2.45) is 0 Å². The first kappa shape index (κ1) is 9.13. The van der Waals surface area contributed by atoms with Crippen LogP contribution in [0.4, 0.5) is 5.82 Å². The van der Waals surface area contributed by atoms with Crippen molar-refractivity contribution in [1.29, 1.82) is 0 Å². The van der Waals surface area contributed by atoms with E-state index >= 15 is 0 Å². The summed E-state index contributed by atoms with van der Waals surface area (Å²) in [5.74, 6) is -0.253. The number of H-pyrrole nitrogens is 1. The third-order valence-corrected chi connectivity index (χ3v) is 1.59. The van der Waals surface area contributed by atoms with Gasteiger partial charge in [0, 0.05) is 12.1 Å². The number of rotatable bonds is 2. The fraction of sp³-hybridized carbons (Fsp3) is 0. The molecule has 0 radical (unpaired) electrons. The molecule has 2 N–H and O–H groups in total. The summed E-state index contributed by atoms with van der Waals surface area (Å²) in [6, 6.07) is 2.57. The first-order chi connectivity index (χ1) is 7.25. The minimum absolute atomic E-state index is 0.0155. The second kappa shape index (κ2) is 3.74. The maximum absolute atomic E-state index is 11.5. The Morgan fingerprint density at radius 3 is 3.07 bits per heavy atom. The molecular weight excluding hydrogens is 200 g/mol. The molecule has 0 atom stereocenters. The molecule has 0 saturated carbocycles. The van der Waals surface area contributed by atoms with Gasteiger partial charge in [0.2, 0.25) is 0 Å². The predicted octanol–water partition coefficient (Wildman–Crippen LogP) is 0.0102. The van der Waals surface area contributed by atoms with E-state index in [9.17, 15) is 9.59 Å². The van der Waals surface area contributed by atoms with Crippen LogP contribution >= 0.6 is 0 Å². The van der Waals surface area contributed by atoms with E-state index in [-0.39, 0.29) is 11.5 Å². The molecule has 2 aromatic rings. The highest BCUT2D eigenvalue weighted by molar-refractivity contribution is 6.02. The van der Waals surface area contributed by atoms with Crippen LogP contribution in [0, 0.1) is 0 Å². The van der Waals surface area contributed by atoms with Gasteiger partial charge in [-0.3, -0.25) is 9.59 Å². The zero-order valence-electron chi connectivity index (χ0n) is 7.43. The highest BCUT2D eigenvalue weighted by Gasteiger charge is 2.09. The lowest BCUT2D eigenvalue weighted by Crippen LogP contribution is -2.17. The summed E-state index contributed by atoms with van der Waals surface area (Å²) >= 11 is 0. The smallest absolute Gasteiger partial charge is 0.275 e. The van der Waals surface area contributed by atoms with E-state index < -0.39 is 11.5 Å². The number of amides is 1. The number of nitrogens with zero attached hydrogens (tertiary/aromatic N) is 2. The van der Waals surface area contributed by atoms with Crippen molar-refractivity contribution in [3.05, 3.63) is 40.8 Å². The maximum atomic E-state index is 11.5. The van der Waals surface area contributed by atoms with Crippen LogP contribution in [-0.4, -0.2) is 21.0 Å². The van der Waals surface area contributed by atoms with Gasteiger partial charge in [-0.1, -0.05) is 5.16 Å². The van der Waals surface area contributed by atoms with Crippen LogP contribution in [0.5, 0.6) is 0 Å². The van der Waals surface area contributed by atoms with Crippen LogP contribution in [0.25, 0.3) is 0 Å². The minimum atomic E-state index is -0.519.